The molecule has 1 heterocycles. The van der Waals surface area contributed by atoms with Crippen molar-refractivity contribution in [1.29, 1.82) is 0 Å². The molecule has 1 atom stereocenters. The Morgan fingerprint density at radius 2 is 2.10 bits per heavy atom. The molecule has 5 nitrogen and oxygen atoms in total. The lowest BCUT2D eigenvalue weighted by Crippen LogP contribution is -2.51. The fraction of sp³-hybridized carbons (Fsp3) is 0.429. The van der Waals surface area contributed by atoms with Crippen LogP contribution in [0.5, 0.6) is 0 Å². The predicted octanol–water partition coefficient (Wildman–Crippen LogP) is 1.53. The number of aliphatic carboxylic acids is 1. The van der Waals surface area contributed by atoms with Crippen molar-refractivity contribution in [2.24, 2.45) is 0 Å². The summed E-state index contributed by atoms with van der Waals surface area (Å²) in [6.07, 6.45) is 0.440. The molecule has 0 aliphatic carbocycles. The van der Waals surface area contributed by atoms with Crippen LogP contribution in [0.1, 0.15) is 12.8 Å². The summed E-state index contributed by atoms with van der Waals surface area (Å²) < 4.78 is 5.24. The van der Waals surface area contributed by atoms with E-state index in [2.05, 4.69) is 5.32 Å². The summed E-state index contributed by atoms with van der Waals surface area (Å²) in [5, 5.41) is 11.8. The number of carboxylic acid groups (broad SMARTS) is 1. The largest absolute Gasteiger partial charge is 0.481 e. The second-order valence-corrected chi connectivity index (χ2v) is 5.85. The van der Waals surface area contributed by atoms with Crippen LogP contribution >= 0.6 is 11.8 Å². The van der Waals surface area contributed by atoms with Crippen LogP contribution in [0.4, 0.5) is 0 Å². The van der Waals surface area contributed by atoms with Crippen LogP contribution in [0.25, 0.3) is 0 Å². The fourth-order valence-corrected chi connectivity index (χ4v) is 2.90. The summed E-state index contributed by atoms with van der Waals surface area (Å²) in [5.74, 6) is -0.817. The Balaban J connectivity index is 1.87. The first-order chi connectivity index (χ1) is 9.60. The van der Waals surface area contributed by atoms with Crippen LogP contribution in [-0.2, 0) is 14.3 Å². The van der Waals surface area contributed by atoms with Crippen molar-refractivity contribution in [2.45, 2.75) is 23.3 Å². The fourth-order valence-electron chi connectivity index (χ4n) is 2.18. The Bertz CT molecular complexity index is 471. The van der Waals surface area contributed by atoms with Crippen LogP contribution in [0.3, 0.4) is 0 Å². The molecule has 1 aromatic rings. The zero-order valence-corrected chi connectivity index (χ0v) is 11.8. The molecule has 2 rings (SSSR count). The number of thioether (sulfide) groups is 1. The Labute approximate surface area is 121 Å². The third-order valence-corrected chi connectivity index (χ3v) is 4.12. The highest BCUT2D eigenvalue weighted by Gasteiger charge is 2.38. The van der Waals surface area contributed by atoms with Crippen LogP contribution < -0.4 is 5.32 Å². The maximum atomic E-state index is 12.0. The van der Waals surface area contributed by atoms with Gasteiger partial charge >= 0.3 is 5.97 Å². The Morgan fingerprint density at radius 3 is 2.70 bits per heavy atom. The first-order valence-electron chi connectivity index (χ1n) is 6.38. The number of benzene rings is 1. The predicted molar refractivity (Wildman–Crippen MR) is 75.7 cm³/mol. The molecule has 1 saturated heterocycles. The maximum absolute atomic E-state index is 12.0. The first-order valence-corrected chi connectivity index (χ1v) is 7.37. The monoisotopic (exact) mass is 295 g/mol. The number of nitrogens with one attached hydrogen (secondary N) is 1. The molecule has 1 aromatic carbocycles. The van der Waals surface area contributed by atoms with Gasteiger partial charge in [-0.3, -0.25) is 9.59 Å². The molecule has 0 saturated carbocycles. The minimum atomic E-state index is -0.925. The van der Waals surface area contributed by atoms with E-state index >= 15 is 0 Å². The molecule has 1 aliphatic rings. The van der Waals surface area contributed by atoms with Gasteiger partial charge in [-0.15, -0.1) is 11.8 Å². The second-order valence-electron chi connectivity index (χ2n) is 4.80. The van der Waals surface area contributed by atoms with Gasteiger partial charge in [0.25, 0.3) is 0 Å². The quantitative estimate of drug-likeness (QED) is 0.778. The van der Waals surface area contributed by atoms with Crippen LogP contribution in [0.2, 0.25) is 0 Å². The number of hydrogen-bond donors (Lipinski definition) is 2. The van der Waals surface area contributed by atoms with Gasteiger partial charge in [-0.05, 0) is 18.6 Å². The number of carbonyl (C=O) groups is 2. The van der Waals surface area contributed by atoms with Crippen molar-refractivity contribution in [3.05, 3.63) is 30.3 Å². The van der Waals surface area contributed by atoms with Gasteiger partial charge in [0.2, 0.25) is 5.91 Å². The third kappa shape index (κ3) is 4.25. The summed E-state index contributed by atoms with van der Waals surface area (Å²) in [4.78, 5) is 23.9. The van der Waals surface area contributed by atoms with E-state index in [1.54, 1.807) is 0 Å². The lowest BCUT2D eigenvalue weighted by Gasteiger charge is -2.26. The molecule has 1 aliphatic heterocycles. The molecule has 108 valence electrons. The van der Waals surface area contributed by atoms with E-state index in [4.69, 9.17) is 9.84 Å². The van der Waals surface area contributed by atoms with E-state index in [1.165, 1.54) is 11.8 Å². The smallest absolute Gasteiger partial charge is 0.305 e. The van der Waals surface area contributed by atoms with Crippen molar-refractivity contribution < 1.29 is 19.4 Å². The average Bonchev–Trinajstić information content (AvgIpc) is 2.85. The molecule has 0 bridgehead atoms. The number of ether oxygens (including phenoxy) is 1. The molecular weight excluding hydrogens is 278 g/mol. The highest BCUT2D eigenvalue weighted by molar-refractivity contribution is 8.00. The standard InChI is InChI=1S/C14H17NO4S/c16-12(9-20-11-4-2-1-3-5-11)15-14(8-13(17)18)6-7-19-10-14/h1-5H,6-10H2,(H,15,16)(H,17,18). The van der Waals surface area contributed by atoms with Gasteiger partial charge in [-0.2, -0.15) is 0 Å². The van der Waals surface area contributed by atoms with Crippen LogP contribution in [-0.4, -0.2) is 41.5 Å². The summed E-state index contributed by atoms with van der Waals surface area (Å²) in [5.41, 5.74) is -0.750. The van der Waals surface area contributed by atoms with Crippen molar-refractivity contribution in [3.63, 3.8) is 0 Å². The minimum Gasteiger partial charge on any atom is -0.481 e. The van der Waals surface area contributed by atoms with Gasteiger partial charge < -0.3 is 15.2 Å². The van der Waals surface area contributed by atoms with Gasteiger partial charge in [0.15, 0.2) is 0 Å². The van der Waals surface area contributed by atoms with E-state index in [0.717, 1.165) is 4.90 Å². The zero-order chi connectivity index (χ0) is 14.4. The van der Waals surface area contributed by atoms with Crippen molar-refractivity contribution in [3.8, 4) is 0 Å². The lowest BCUT2D eigenvalue weighted by atomic mass is 9.94. The second kappa shape index (κ2) is 6.76. The highest BCUT2D eigenvalue weighted by atomic mass is 32.2. The Kier molecular flexibility index (Phi) is 5.03. The van der Waals surface area contributed by atoms with Gasteiger partial charge in [-0.1, -0.05) is 18.2 Å². The molecule has 1 amide bonds. The number of carboxylic acids is 1. The summed E-state index contributed by atoms with van der Waals surface area (Å²) >= 11 is 1.43. The highest BCUT2D eigenvalue weighted by Crippen LogP contribution is 2.23. The minimum absolute atomic E-state index is 0.102. The molecule has 0 aromatic heterocycles. The maximum Gasteiger partial charge on any atom is 0.305 e. The normalized spacial score (nSPS) is 21.6. The number of amides is 1. The number of rotatable bonds is 6. The molecule has 2 N–H and O–H groups in total. The van der Waals surface area contributed by atoms with E-state index < -0.39 is 11.5 Å². The molecule has 6 heteroatoms. The number of hydrogen-bond acceptors (Lipinski definition) is 4. The van der Waals surface area contributed by atoms with Crippen LogP contribution in [0, 0.1) is 0 Å². The zero-order valence-electron chi connectivity index (χ0n) is 11.0. The van der Waals surface area contributed by atoms with E-state index in [1.807, 2.05) is 30.3 Å². The van der Waals surface area contributed by atoms with E-state index in [0.29, 0.717) is 13.0 Å². The number of carbonyl (C=O) groups excluding carboxylic acids is 1. The van der Waals surface area contributed by atoms with Gasteiger partial charge in [0, 0.05) is 11.5 Å². The molecule has 20 heavy (non-hydrogen) atoms. The van der Waals surface area contributed by atoms with Crippen molar-refractivity contribution >= 4 is 23.6 Å². The first kappa shape index (κ1) is 14.9. The SMILES string of the molecule is O=C(O)CC1(NC(=O)CSc2ccccc2)CCOC1. The average molecular weight is 295 g/mol. The van der Waals surface area contributed by atoms with Crippen LogP contribution in [0.15, 0.2) is 35.2 Å². The Hall–Kier alpha value is -1.53. The molecule has 0 radical (unpaired) electrons. The van der Waals surface area contributed by atoms with Gasteiger partial charge in [0.05, 0.1) is 24.3 Å². The summed E-state index contributed by atoms with van der Waals surface area (Å²) in [7, 11) is 0. The van der Waals surface area contributed by atoms with E-state index in [-0.39, 0.29) is 24.7 Å². The summed E-state index contributed by atoms with van der Waals surface area (Å²) in [6.45, 7) is 0.750. The third-order valence-electron chi connectivity index (χ3n) is 3.11. The summed E-state index contributed by atoms with van der Waals surface area (Å²) in [6, 6.07) is 9.61. The van der Waals surface area contributed by atoms with E-state index in [9.17, 15) is 9.59 Å². The lowest BCUT2D eigenvalue weighted by molar-refractivity contribution is -0.139. The molecule has 0 spiro atoms. The molecule has 1 unspecified atom stereocenters. The Morgan fingerprint density at radius 1 is 1.35 bits per heavy atom. The van der Waals surface area contributed by atoms with Gasteiger partial charge in [-0.25, -0.2) is 0 Å². The van der Waals surface area contributed by atoms with Crippen molar-refractivity contribution in [2.75, 3.05) is 19.0 Å². The van der Waals surface area contributed by atoms with Crippen molar-refractivity contribution in [1.82, 2.24) is 5.32 Å². The molecular formula is C14H17NO4S. The topological polar surface area (TPSA) is 75.6 Å². The molecule has 1 fully saturated rings. The van der Waals surface area contributed by atoms with Gasteiger partial charge in [0.1, 0.15) is 0 Å².